The third-order valence-electron chi connectivity index (χ3n) is 3.41. The van der Waals surface area contributed by atoms with Gasteiger partial charge in [0, 0.05) is 17.7 Å². The van der Waals surface area contributed by atoms with Crippen molar-refractivity contribution < 1.29 is 0 Å². The maximum absolute atomic E-state index is 12.7. The summed E-state index contributed by atoms with van der Waals surface area (Å²) < 4.78 is 1.47. The van der Waals surface area contributed by atoms with Crippen molar-refractivity contribution in [3.05, 3.63) is 31.8 Å². The maximum Gasteiger partial charge on any atom is 0.269 e. The first kappa shape index (κ1) is 16.7. The van der Waals surface area contributed by atoms with E-state index in [1.54, 1.807) is 0 Å². The number of nitrogens with zero attached hydrogens (tertiary/aromatic N) is 1. The van der Waals surface area contributed by atoms with E-state index < -0.39 is 0 Å². The summed E-state index contributed by atoms with van der Waals surface area (Å²) in [5.74, 6) is 0. The average molecular weight is 280 g/mol. The summed E-state index contributed by atoms with van der Waals surface area (Å²) in [5, 5.41) is 2.75. The normalized spacial score (nSPS) is 12.8. The molecule has 0 aliphatic rings. The molecule has 0 spiro atoms. The van der Waals surface area contributed by atoms with Gasteiger partial charge in [-0.2, -0.15) is 0 Å². The first-order valence-corrected chi connectivity index (χ1v) is 7.38. The van der Waals surface area contributed by atoms with E-state index in [1.807, 2.05) is 41.5 Å². The van der Waals surface area contributed by atoms with Crippen molar-refractivity contribution in [1.82, 2.24) is 9.78 Å². The molecule has 0 unspecified atom stereocenters. The molecule has 4 nitrogen and oxygen atoms in total. The molecule has 0 aliphatic carbocycles. The zero-order valence-electron chi connectivity index (χ0n) is 13.9. The number of unbranched alkanes of at least 4 members (excludes halogenated alkanes) is 1. The predicted molar refractivity (Wildman–Crippen MR) is 83.6 cm³/mol. The van der Waals surface area contributed by atoms with E-state index in [2.05, 4.69) is 12.0 Å². The Morgan fingerprint density at radius 2 is 1.45 bits per heavy atom. The number of aromatic amines is 1. The lowest BCUT2D eigenvalue weighted by Gasteiger charge is -2.28. The summed E-state index contributed by atoms with van der Waals surface area (Å²) in [5.41, 5.74) is 0.363. The molecular formula is C16H28N2O2. The molecule has 0 amide bonds. The lowest BCUT2D eigenvalue weighted by atomic mass is 9.76. The lowest BCUT2D eigenvalue weighted by molar-refractivity contribution is 0.468. The van der Waals surface area contributed by atoms with E-state index in [1.165, 1.54) is 4.68 Å². The van der Waals surface area contributed by atoms with Gasteiger partial charge in [0.05, 0.1) is 0 Å². The van der Waals surface area contributed by atoms with Gasteiger partial charge in [-0.3, -0.25) is 14.7 Å². The molecule has 0 atom stereocenters. The Kier molecular flexibility index (Phi) is 4.67. The molecule has 1 rings (SSSR count). The molecular weight excluding hydrogens is 252 g/mol. The van der Waals surface area contributed by atoms with E-state index in [4.69, 9.17) is 0 Å². The summed E-state index contributed by atoms with van der Waals surface area (Å²) in [7, 11) is 0. The van der Waals surface area contributed by atoms with Crippen LogP contribution in [0.3, 0.4) is 0 Å². The van der Waals surface area contributed by atoms with Gasteiger partial charge < -0.3 is 0 Å². The van der Waals surface area contributed by atoms with Crippen LogP contribution in [0.25, 0.3) is 0 Å². The molecule has 0 saturated heterocycles. The minimum Gasteiger partial charge on any atom is -0.268 e. The highest BCUT2D eigenvalue weighted by Crippen LogP contribution is 2.28. The molecule has 20 heavy (non-hydrogen) atoms. The SMILES string of the molecule is CCCCn1[nH]c(=O)c(C(C)(C)C)c(C(C)(C)C)c1=O. The van der Waals surface area contributed by atoms with E-state index >= 15 is 0 Å². The molecule has 1 aromatic heterocycles. The van der Waals surface area contributed by atoms with Gasteiger partial charge in [0.1, 0.15) is 0 Å². The zero-order chi connectivity index (χ0) is 15.7. The van der Waals surface area contributed by atoms with Gasteiger partial charge in [0.15, 0.2) is 0 Å². The molecule has 0 radical (unpaired) electrons. The fraction of sp³-hybridized carbons (Fsp3) is 0.750. The minimum absolute atomic E-state index is 0.0597. The largest absolute Gasteiger partial charge is 0.269 e. The fourth-order valence-electron chi connectivity index (χ4n) is 2.47. The van der Waals surface area contributed by atoms with Crippen LogP contribution in [0.15, 0.2) is 9.59 Å². The van der Waals surface area contributed by atoms with Crippen LogP contribution in [0.5, 0.6) is 0 Å². The second-order valence-corrected chi connectivity index (χ2v) is 7.50. The fourth-order valence-corrected chi connectivity index (χ4v) is 2.47. The Morgan fingerprint density at radius 1 is 0.950 bits per heavy atom. The van der Waals surface area contributed by atoms with Crippen molar-refractivity contribution in [2.75, 3.05) is 0 Å². The molecule has 0 bridgehead atoms. The predicted octanol–water partition coefficient (Wildman–Crippen LogP) is 2.93. The third kappa shape index (κ3) is 3.41. The Bertz CT molecular complexity index is 580. The highest BCUT2D eigenvalue weighted by Gasteiger charge is 2.31. The number of nitrogens with one attached hydrogen (secondary N) is 1. The van der Waals surface area contributed by atoms with Crippen molar-refractivity contribution in [1.29, 1.82) is 0 Å². The Morgan fingerprint density at radius 3 is 1.85 bits per heavy atom. The maximum atomic E-state index is 12.7. The van der Waals surface area contributed by atoms with Crippen molar-refractivity contribution in [2.45, 2.75) is 78.7 Å². The molecule has 1 heterocycles. The van der Waals surface area contributed by atoms with Gasteiger partial charge in [-0.05, 0) is 17.3 Å². The lowest BCUT2D eigenvalue weighted by Crippen LogP contribution is -2.43. The van der Waals surface area contributed by atoms with Crippen LogP contribution in [0.2, 0.25) is 0 Å². The van der Waals surface area contributed by atoms with Crippen LogP contribution in [0, 0.1) is 0 Å². The molecule has 1 N–H and O–H groups in total. The number of rotatable bonds is 3. The molecule has 0 fully saturated rings. The first-order valence-electron chi connectivity index (χ1n) is 7.38. The van der Waals surface area contributed by atoms with Crippen LogP contribution >= 0.6 is 0 Å². The zero-order valence-corrected chi connectivity index (χ0v) is 13.9. The smallest absolute Gasteiger partial charge is 0.268 e. The number of H-pyrrole nitrogens is 1. The monoisotopic (exact) mass is 280 g/mol. The quantitative estimate of drug-likeness (QED) is 0.925. The van der Waals surface area contributed by atoms with E-state index in [0.717, 1.165) is 12.8 Å². The molecule has 0 aromatic carbocycles. The van der Waals surface area contributed by atoms with E-state index in [0.29, 0.717) is 17.7 Å². The minimum atomic E-state index is -0.348. The summed E-state index contributed by atoms with van der Waals surface area (Å²) >= 11 is 0. The molecule has 0 saturated carbocycles. The second-order valence-electron chi connectivity index (χ2n) is 7.50. The van der Waals surface area contributed by atoms with Crippen molar-refractivity contribution >= 4 is 0 Å². The summed E-state index contributed by atoms with van der Waals surface area (Å²) in [6.07, 6.45) is 1.87. The van der Waals surface area contributed by atoms with Gasteiger partial charge in [-0.1, -0.05) is 54.9 Å². The highest BCUT2D eigenvalue weighted by molar-refractivity contribution is 5.33. The van der Waals surface area contributed by atoms with E-state index in [9.17, 15) is 9.59 Å². The molecule has 1 aromatic rings. The average Bonchev–Trinajstić information content (AvgIpc) is 2.26. The van der Waals surface area contributed by atoms with Gasteiger partial charge in [-0.25, -0.2) is 4.68 Å². The van der Waals surface area contributed by atoms with Crippen LogP contribution < -0.4 is 11.1 Å². The van der Waals surface area contributed by atoms with Crippen molar-refractivity contribution in [3.8, 4) is 0 Å². The van der Waals surface area contributed by atoms with E-state index in [-0.39, 0.29) is 21.9 Å². The standard InChI is InChI=1S/C16H28N2O2/c1-8-9-10-18-14(20)12(16(5,6)7)11(13(19)17-18)15(2,3)4/h8-10H2,1-7H3,(H,17,19). The summed E-state index contributed by atoms with van der Waals surface area (Å²) in [6.45, 7) is 14.5. The Hall–Kier alpha value is -1.32. The van der Waals surface area contributed by atoms with Crippen LogP contribution in [-0.2, 0) is 17.4 Å². The molecule has 0 aliphatic heterocycles. The highest BCUT2D eigenvalue weighted by atomic mass is 16.2. The van der Waals surface area contributed by atoms with Crippen molar-refractivity contribution in [2.24, 2.45) is 0 Å². The van der Waals surface area contributed by atoms with Gasteiger partial charge in [0.2, 0.25) is 0 Å². The van der Waals surface area contributed by atoms with Gasteiger partial charge in [-0.15, -0.1) is 0 Å². The van der Waals surface area contributed by atoms with Crippen LogP contribution in [-0.4, -0.2) is 9.78 Å². The number of aryl methyl sites for hydroxylation is 1. The van der Waals surface area contributed by atoms with Crippen LogP contribution in [0.1, 0.15) is 72.4 Å². The molecule has 114 valence electrons. The molecule has 4 heteroatoms. The van der Waals surface area contributed by atoms with Crippen molar-refractivity contribution in [3.63, 3.8) is 0 Å². The Labute approximate surface area is 121 Å². The second kappa shape index (κ2) is 5.58. The Balaban J connectivity index is 3.69. The number of hydrogen-bond acceptors (Lipinski definition) is 2. The summed E-state index contributed by atoms with van der Waals surface area (Å²) in [6, 6.07) is 0. The van der Waals surface area contributed by atoms with Crippen LogP contribution in [0.4, 0.5) is 0 Å². The van der Waals surface area contributed by atoms with Gasteiger partial charge in [0.25, 0.3) is 11.1 Å². The third-order valence-corrected chi connectivity index (χ3v) is 3.41. The number of hydrogen-bond donors (Lipinski definition) is 1. The number of aromatic nitrogens is 2. The first-order chi connectivity index (χ1) is 9.00. The van der Waals surface area contributed by atoms with Gasteiger partial charge >= 0.3 is 0 Å². The summed E-state index contributed by atoms with van der Waals surface area (Å²) in [4.78, 5) is 25.2. The topological polar surface area (TPSA) is 54.9 Å².